The van der Waals surface area contributed by atoms with Gasteiger partial charge < -0.3 is 4.90 Å². The topological polar surface area (TPSA) is 32.3 Å². The van der Waals surface area contributed by atoms with E-state index in [2.05, 4.69) is 37.2 Å². The second kappa shape index (κ2) is 5.83. The van der Waals surface area contributed by atoms with Gasteiger partial charge in [-0.05, 0) is 38.4 Å². The summed E-state index contributed by atoms with van der Waals surface area (Å²) in [6.45, 7) is 6.46. The molecule has 4 heteroatoms. The number of carbonyl (C=O) groups is 1. The molecule has 3 nitrogen and oxygen atoms in total. The van der Waals surface area contributed by atoms with Crippen LogP contribution < -0.4 is 5.32 Å². The summed E-state index contributed by atoms with van der Waals surface area (Å²) in [7, 11) is 0. The van der Waals surface area contributed by atoms with Crippen LogP contribution in [0.5, 0.6) is 0 Å². The molecule has 1 N–H and O–H groups in total. The molecule has 2 aliphatic rings. The number of nitrogens with zero attached hydrogens (tertiary/aromatic N) is 1. The third kappa shape index (κ3) is 2.55. The van der Waals surface area contributed by atoms with Crippen molar-refractivity contribution in [1.29, 1.82) is 0 Å². The largest absolute Gasteiger partial charge is 0.323 e. The van der Waals surface area contributed by atoms with E-state index >= 15 is 0 Å². The Morgan fingerprint density at radius 1 is 1.50 bits per heavy atom. The van der Waals surface area contributed by atoms with Crippen LogP contribution in [-0.2, 0) is 4.79 Å². The highest BCUT2D eigenvalue weighted by molar-refractivity contribution is 7.99. The predicted octanol–water partition coefficient (Wildman–Crippen LogP) is 2.46. The molecule has 0 aromatic rings. The van der Waals surface area contributed by atoms with Crippen molar-refractivity contribution in [3.63, 3.8) is 0 Å². The second-order valence-corrected chi connectivity index (χ2v) is 6.91. The smallest absolute Gasteiger partial charge is 0.241 e. The molecule has 1 saturated heterocycles. The van der Waals surface area contributed by atoms with Crippen molar-refractivity contribution >= 4 is 17.7 Å². The maximum Gasteiger partial charge on any atom is 0.241 e. The Bertz CT molecular complexity index is 310. The molecule has 1 aliphatic carbocycles. The zero-order valence-electron chi connectivity index (χ0n) is 12.0. The van der Waals surface area contributed by atoms with Gasteiger partial charge in [0.15, 0.2) is 0 Å². The lowest BCUT2D eigenvalue weighted by molar-refractivity contribution is -0.132. The van der Waals surface area contributed by atoms with Gasteiger partial charge >= 0.3 is 0 Å². The third-order valence-electron chi connectivity index (χ3n) is 4.66. The van der Waals surface area contributed by atoms with E-state index in [1.54, 1.807) is 0 Å². The minimum absolute atomic E-state index is 0.0401. The molecule has 1 aliphatic heterocycles. The predicted molar refractivity (Wildman–Crippen MR) is 77.6 cm³/mol. The highest BCUT2D eigenvalue weighted by Crippen LogP contribution is 2.34. The SMILES string of the molecule is CCC(C)C1NC(C)N(C2CCC(SC)C2)C1=O. The molecule has 1 amide bonds. The van der Waals surface area contributed by atoms with Gasteiger partial charge in [0.25, 0.3) is 0 Å². The van der Waals surface area contributed by atoms with E-state index in [-0.39, 0.29) is 12.2 Å². The fourth-order valence-corrected chi connectivity index (χ4v) is 4.07. The van der Waals surface area contributed by atoms with Crippen molar-refractivity contribution in [3.8, 4) is 0 Å². The van der Waals surface area contributed by atoms with E-state index in [1.165, 1.54) is 19.3 Å². The zero-order chi connectivity index (χ0) is 13.3. The standard InChI is InChI=1S/C14H26N2OS/c1-5-9(2)13-14(17)16(10(3)15-13)11-6-7-12(8-11)18-4/h9-13,15H,5-8H2,1-4H3. The Kier molecular flexibility index (Phi) is 4.59. The van der Waals surface area contributed by atoms with Crippen molar-refractivity contribution in [1.82, 2.24) is 10.2 Å². The van der Waals surface area contributed by atoms with Gasteiger partial charge in [-0.25, -0.2) is 0 Å². The molecule has 18 heavy (non-hydrogen) atoms. The molecule has 5 unspecified atom stereocenters. The van der Waals surface area contributed by atoms with Crippen molar-refractivity contribution < 1.29 is 4.79 Å². The van der Waals surface area contributed by atoms with Crippen LogP contribution in [0, 0.1) is 5.92 Å². The summed E-state index contributed by atoms with van der Waals surface area (Å²) >= 11 is 1.95. The van der Waals surface area contributed by atoms with E-state index < -0.39 is 0 Å². The van der Waals surface area contributed by atoms with Crippen LogP contribution in [0.15, 0.2) is 0 Å². The summed E-state index contributed by atoms with van der Waals surface area (Å²) in [6.07, 6.45) is 7.06. The molecule has 0 bridgehead atoms. The van der Waals surface area contributed by atoms with Crippen molar-refractivity contribution in [2.45, 2.75) is 70.0 Å². The highest BCUT2D eigenvalue weighted by atomic mass is 32.2. The van der Waals surface area contributed by atoms with E-state index in [9.17, 15) is 4.79 Å². The molecule has 0 aromatic heterocycles. The van der Waals surface area contributed by atoms with Gasteiger partial charge in [0.05, 0.1) is 12.2 Å². The Labute approximate surface area is 115 Å². The maximum absolute atomic E-state index is 12.6. The maximum atomic E-state index is 12.6. The van der Waals surface area contributed by atoms with Gasteiger partial charge in [-0.15, -0.1) is 0 Å². The molecule has 2 rings (SSSR count). The normalized spacial score (nSPS) is 38.4. The quantitative estimate of drug-likeness (QED) is 0.852. The molecule has 0 spiro atoms. The number of hydrogen-bond donors (Lipinski definition) is 1. The number of carbonyl (C=O) groups excluding carboxylic acids is 1. The first-order valence-corrected chi connectivity index (χ1v) is 8.48. The molecule has 1 heterocycles. The second-order valence-electron chi connectivity index (χ2n) is 5.78. The number of amides is 1. The number of rotatable bonds is 4. The Morgan fingerprint density at radius 3 is 2.78 bits per heavy atom. The minimum atomic E-state index is 0.0401. The number of nitrogens with one attached hydrogen (secondary N) is 1. The summed E-state index contributed by atoms with van der Waals surface area (Å²) in [6, 6.07) is 0.504. The van der Waals surface area contributed by atoms with Crippen LogP contribution in [0.3, 0.4) is 0 Å². The van der Waals surface area contributed by atoms with Crippen LogP contribution >= 0.6 is 11.8 Å². The van der Waals surface area contributed by atoms with Crippen LogP contribution in [0.2, 0.25) is 0 Å². The third-order valence-corrected chi connectivity index (χ3v) is 5.75. The first kappa shape index (κ1) is 14.2. The average molecular weight is 270 g/mol. The summed E-state index contributed by atoms with van der Waals surface area (Å²) in [5, 5.41) is 4.23. The van der Waals surface area contributed by atoms with Gasteiger partial charge in [0, 0.05) is 11.3 Å². The van der Waals surface area contributed by atoms with Crippen molar-refractivity contribution in [3.05, 3.63) is 0 Å². The van der Waals surface area contributed by atoms with Gasteiger partial charge in [0.2, 0.25) is 5.91 Å². The van der Waals surface area contributed by atoms with Crippen LogP contribution in [0.25, 0.3) is 0 Å². The highest BCUT2D eigenvalue weighted by Gasteiger charge is 2.43. The summed E-state index contributed by atoms with van der Waals surface area (Å²) in [4.78, 5) is 14.7. The Morgan fingerprint density at radius 2 is 2.22 bits per heavy atom. The first-order valence-electron chi connectivity index (χ1n) is 7.19. The zero-order valence-corrected chi connectivity index (χ0v) is 12.8. The number of hydrogen-bond acceptors (Lipinski definition) is 3. The molecule has 1 saturated carbocycles. The van der Waals surface area contributed by atoms with E-state index in [0.29, 0.717) is 17.9 Å². The van der Waals surface area contributed by atoms with Gasteiger partial charge in [0.1, 0.15) is 0 Å². The van der Waals surface area contributed by atoms with E-state index in [0.717, 1.165) is 11.7 Å². The fraction of sp³-hybridized carbons (Fsp3) is 0.929. The Balaban J connectivity index is 2.03. The monoisotopic (exact) mass is 270 g/mol. The lowest BCUT2D eigenvalue weighted by Gasteiger charge is -2.28. The van der Waals surface area contributed by atoms with Gasteiger partial charge in [-0.2, -0.15) is 11.8 Å². The molecule has 104 valence electrons. The molecule has 0 radical (unpaired) electrons. The molecule has 2 fully saturated rings. The van der Waals surface area contributed by atoms with E-state index in [4.69, 9.17) is 0 Å². The van der Waals surface area contributed by atoms with Gasteiger partial charge in [-0.3, -0.25) is 10.1 Å². The van der Waals surface area contributed by atoms with Crippen molar-refractivity contribution in [2.75, 3.05) is 6.26 Å². The van der Waals surface area contributed by atoms with Crippen molar-refractivity contribution in [2.24, 2.45) is 5.92 Å². The average Bonchev–Trinajstić information content (AvgIpc) is 2.93. The molecule has 5 atom stereocenters. The van der Waals surface area contributed by atoms with Crippen LogP contribution in [0.4, 0.5) is 0 Å². The lowest BCUT2D eigenvalue weighted by atomic mass is 9.99. The summed E-state index contributed by atoms with van der Waals surface area (Å²) in [5.41, 5.74) is 0. The Hall–Kier alpha value is -0.220. The van der Waals surface area contributed by atoms with Gasteiger partial charge in [-0.1, -0.05) is 20.3 Å². The minimum Gasteiger partial charge on any atom is -0.323 e. The fourth-order valence-electron chi connectivity index (χ4n) is 3.29. The summed E-state index contributed by atoms with van der Waals surface area (Å²) in [5.74, 6) is 0.770. The lowest BCUT2D eigenvalue weighted by Crippen LogP contribution is -2.42. The molecule has 0 aromatic carbocycles. The van der Waals surface area contributed by atoms with Crippen LogP contribution in [0.1, 0.15) is 46.5 Å². The molecular formula is C14H26N2OS. The van der Waals surface area contributed by atoms with Crippen LogP contribution in [-0.4, -0.2) is 40.6 Å². The van der Waals surface area contributed by atoms with E-state index in [1.807, 2.05) is 11.8 Å². The summed E-state index contributed by atoms with van der Waals surface area (Å²) < 4.78 is 0. The number of thioether (sulfide) groups is 1. The first-order chi connectivity index (χ1) is 8.58. The molecular weight excluding hydrogens is 244 g/mol.